The van der Waals surface area contributed by atoms with E-state index in [4.69, 9.17) is 10.5 Å². The maximum absolute atomic E-state index is 11.9. The summed E-state index contributed by atoms with van der Waals surface area (Å²) in [4.78, 5) is 26.4. The topological polar surface area (TPSA) is 75.9 Å². The van der Waals surface area contributed by atoms with Crippen molar-refractivity contribution < 1.29 is 14.3 Å². The summed E-state index contributed by atoms with van der Waals surface area (Å²) >= 11 is 0. The Kier molecular flexibility index (Phi) is 3.59. The Morgan fingerprint density at radius 1 is 1.21 bits per heavy atom. The van der Waals surface area contributed by atoms with E-state index in [9.17, 15) is 9.59 Å². The van der Waals surface area contributed by atoms with E-state index in [2.05, 4.69) is 0 Å². The monoisotopic (exact) mass is 263 g/mol. The zero-order valence-electron chi connectivity index (χ0n) is 11.0. The van der Waals surface area contributed by atoms with Gasteiger partial charge in [-0.3, -0.25) is 9.59 Å². The van der Waals surface area contributed by atoms with Gasteiger partial charge in [-0.1, -0.05) is 0 Å². The number of hydrogen-bond donors (Lipinski definition) is 1. The SMILES string of the molecule is COc1cc(N)cc(CN2CC(=O)N(C)CC2=O)c1. The molecule has 19 heavy (non-hydrogen) atoms. The number of nitrogens with two attached hydrogens (primary N) is 1. The summed E-state index contributed by atoms with van der Waals surface area (Å²) in [7, 11) is 3.18. The average Bonchev–Trinajstić information content (AvgIpc) is 2.35. The number of carbonyl (C=O) groups is 2. The van der Waals surface area contributed by atoms with E-state index in [0.717, 1.165) is 5.56 Å². The summed E-state index contributed by atoms with van der Waals surface area (Å²) in [6, 6.07) is 5.30. The highest BCUT2D eigenvalue weighted by molar-refractivity contribution is 5.92. The molecule has 2 N–H and O–H groups in total. The molecule has 0 radical (unpaired) electrons. The van der Waals surface area contributed by atoms with Crippen LogP contribution in [0.3, 0.4) is 0 Å². The van der Waals surface area contributed by atoms with E-state index in [0.29, 0.717) is 18.0 Å². The molecule has 102 valence electrons. The predicted molar refractivity (Wildman–Crippen MR) is 70.5 cm³/mol. The van der Waals surface area contributed by atoms with Gasteiger partial charge < -0.3 is 20.3 Å². The van der Waals surface area contributed by atoms with Crippen LogP contribution in [0.4, 0.5) is 5.69 Å². The minimum absolute atomic E-state index is 0.0598. The van der Waals surface area contributed by atoms with E-state index in [1.165, 1.54) is 9.80 Å². The first kappa shape index (κ1) is 13.2. The number of carbonyl (C=O) groups excluding carboxylic acids is 2. The number of nitrogens with zero attached hydrogens (tertiary/aromatic N) is 2. The van der Waals surface area contributed by atoms with Crippen LogP contribution in [-0.2, 0) is 16.1 Å². The Morgan fingerprint density at radius 3 is 2.63 bits per heavy atom. The van der Waals surface area contributed by atoms with Gasteiger partial charge in [0, 0.05) is 25.3 Å². The molecule has 0 aliphatic carbocycles. The minimum Gasteiger partial charge on any atom is -0.497 e. The van der Waals surface area contributed by atoms with Crippen LogP contribution in [0.15, 0.2) is 18.2 Å². The molecular formula is C13H17N3O3. The maximum atomic E-state index is 11.9. The minimum atomic E-state index is -0.0662. The van der Waals surface area contributed by atoms with Gasteiger partial charge in [0.05, 0.1) is 13.7 Å². The first-order chi connectivity index (χ1) is 8.99. The molecule has 6 nitrogen and oxygen atoms in total. The lowest BCUT2D eigenvalue weighted by molar-refractivity contribution is -0.149. The van der Waals surface area contributed by atoms with Gasteiger partial charge in [0.25, 0.3) is 0 Å². The number of hydrogen-bond acceptors (Lipinski definition) is 4. The molecule has 6 heteroatoms. The van der Waals surface area contributed by atoms with Gasteiger partial charge in [0.2, 0.25) is 11.8 Å². The van der Waals surface area contributed by atoms with Crippen LogP contribution in [0.5, 0.6) is 5.75 Å². The average molecular weight is 263 g/mol. The largest absolute Gasteiger partial charge is 0.497 e. The molecule has 0 unspecified atom stereocenters. The number of anilines is 1. The summed E-state index contributed by atoms with van der Waals surface area (Å²) in [6.07, 6.45) is 0. The van der Waals surface area contributed by atoms with Gasteiger partial charge in [-0.05, 0) is 17.7 Å². The van der Waals surface area contributed by atoms with Crippen LogP contribution in [0.1, 0.15) is 5.56 Å². The lowest BCUT2D eigenvalue weighted by Crippen LogP contribution is -2.51. The molecule has 0 spiro atoms. The second-order valence-electron chi connectivity index (χ2n) is 4.61. The Balaban J connectivity index is 2.14. The highest BCUT2D eigenvalue weighted by Crippen LogP contribution is 2.20. The fourth-order valence-corrected chi connectivity index (χ4v) is 2.02. The Hall–Kier alpha value is -2.24. The second-order valence-corrected chi connectivity index (χ2v) is 4.61. The van der Waals surface area contributed by atoms with Crippen molar-refractivity contribution >= 4 is 17.5 Å². The molecule has 1 aliphatic heterocycles. The van der Waals surface area contributed by atoms with Crippen molar-refractivity contribution in [2.24, 2.45) is 0 Å². The van der Waals surface area contributed by atoms with Crippen molar-refractivity contribution in [3.05, 3.63) is 23.8 Å². The number of rotatable bonds is 3. The van der Waals surface area contributed by atoms with Crippen LogP contribution >= 0.6 is 0 Å². The molecule has 1 fully saturated rings. The number of ether oxygens (including phenoxy) is 1. The smallest absolute Gasteiger partial charge is 0.242 e. The summed E-state index contributed by atoms with van der Waals surface area (Å²) in [5.41, 5.74) is 7.19. The van der Waals surface area contributed by atoms with Crippen LogP contribution in [0.25, 0.3) is 0 Å². The highest BCUT2D eigenvalue weighted by atomic mass is 16.5. The third-order valence-electron chi connectivity index (χ3n) is 3.07. The van der Waals surface area contributed by atoms with Crippen LogP contribution in [-0.4, -0.2) is 48.9 Å². The molecule has 1 aromatic carbocycles. The Bertz CT molecular complexity index is 516. The van der Waals surface area contributed by atoms with Crippen LogP contribution < -0.4 is 10.5 Å². The van der Waals surface area contributed by atoms with Gasteiger partial charge in [-0.15, -0.1) is 0 Å². The van der Waals surface area contributed by atoms with Gasteiger partial charge in [-0.25, -0.2) is 0 Å². The number of nitrogen functional groups attached to an aromatic ring is 1. The molecule has 2 amide bonds. The fraction of sp³-hybridized carbons (Fsp3) is 0.385. The lowest BCUT2D eigenvalue weighted by atomic mass is 10.1. The van der Waals surface area contributed by atoms with Crippen molar-refractivity contribution in [1.82, 2.24) is 9.80 Å². The Labute approximate surface area is 111 Å². The zero-order chi connectivity index (χ0) is 14.0. The van der Waals surface area contributed by atoms with E-state index in [1.54, 1.807) is 26.3 Å². The molecule has 1 saturated heterocycles. The first-order valence-electron chi connectivity index (χ1n) is 5.95. The number of amides is 2. The van der Waals surface area contributed by atoms with Gasteiger partial charge in [-0.2, -0.15) is 0 Å². The second kappa shape index (κ2) is 5.17. The van der Waals surface area contributed by atoms with Crippen molar-refractivity contribution in [2.75, 3.05) is 33.0 Å². The molecule has 0 atom stereocenters. The number of likely N-dealkylation sites (N-methyl/N-ethyl adjacent to an activating group) is 1. The predicted octanol–water partition coefficient (Wildman–Crippen LogP) is 0.0780. The van der Waals surface area contributed by atoms with Crippen molar-refractivity contribution in [2.45, 2.75) is 6.54 Å². The first-order valence-corrected chi connectivity index (χ1v) is 5.95. The quantitative estimate of drug-likeness (QED) is 0.783. The normalized spacial score (nSPS) is 15.9. The van der Waals surface area contributed by atoms with Gasteiger partial charge in [0.15, 0.2) is 0 Å². The van der Waals surface area contributed by atoms with E-state index >= 15 is 0 Å². The molecule has 0 saturated carbocycles. The lowest BCUT2D eigenvalue weighted by Gasteiger charge is -2.31. The van der Waals surface area contributed by atoms with Gasteiger partial charge in [0.1, 0.15) is 12.3 Å². The number of piperazine rings is 1. The maximum Gasteiger partial charge on any atom is 0.242 e. The van der Waals surface area contributed by atoms with Crippen molar-refractivity contribution in [3.8, 4) is 5.75 Å². The zero-order valence-corrected chi connectivity index (χ0v) is 11.0. The van der Waals surface area contributed by atoms with Crippen molar-refractivity contribution in [1.29, 1.82) is 0 Å². The molecule has 0 bridgehead atoms. The molecular weight excluding hydrogens is 246 g/mol. The summed E-state index contributed by atoms with van der Waals surface area (Å²) in [5.74, 6) is 0.516. The number of methoxy groups -OCH3 is 1. The third-order valence-corrected chi connectivity index (χ3v) is 3.07. The Morgan fingerprint density at radius 2 is 1.95 bits per heavy atom. The summed E-state index contributed by atoms with van der Waals surface area (Å²) in [5, 5.41) is 0. The third kappa shape index (κ3) is 2.96. The molecule has 1 aromatic rings. The molecule has 1 aliphatic rings. The van der Waals surface area contributed by atoms with Crippen LogP contribution in [0.2, 0.25) is 0 Å². The summed E-state index contributed by atoms with van der Waals surface area (Å²) < 4.78 is 5.13. The number of benzene rings is 1. The van der Waals surface area contributed by atoms with E-state index < -0.39 is 0 Å². The standard InChI is InChI=1S/C13H17N3O3/c1-15-7-13(18)16(8-12(15)17)6-9-3-10(14)5-11(4-9)19-2/h3-5H,6-8,14H2,1-2H3. The molecule has 2 rings (SSSR count). The van der Waals surface area contributed by atoms with Crippen molar-refractivity contribution in [3.63, 3.8) is 0 Å². The van der Waals surface area contributed by atoms with Gasteiger partial charge >= 0.3 is 0 Å². The molecule has 0 aromatic heterocycles. The van der Waals surface area contributed by atoms with Crippen LogP contribution in [0, 0.1) is 0 Å². The summed E-state index contributed by atoms with van der Waals surface area (Å²) in [6.45, 7) is 0.588. The van der Waals surface area contributed by atoms with E-state index in [-0.39, 0.29) is 24.9 Å². The fourth-order valence-electron chi connectivity index (χ4n) is 2.02. The van der Waals surface area contributed by atoms with E-state index in [1.807, 2.05) is 6.07 Å². The molecule has 1 heterocycles. The highest BCUT2D eigenvalue weighted by Gasteiger charge is 2.27.